The Bertz CT molecular complexity index is 986. The average molecular weight is 354 g/mol. The van der Waals surface area contributed by atoms with Crippen LogP contribution in [0.15, 0.2) is 66.7 Å². The molecule has 2 nitrogen and oxygen atoms in total. The molecule has 0 aliphatic heterocycles. The molecule has 3 aromatic carbocycles. The predicted octanol–water partition coefficient (Wildman–Crippen LogP) is 4.26. The van der Waals surface area contributed by atoms with Crippen LogP contribution in [-0.4, -0.2) is 17.2 Å². The van der Waals surface area contributed by atoms with E-state index in [9.17, 15) is 10.0 Å². The summed E-state index contributed by atoms with van der Waals surface area (Å²) in [5.74, 6) is 0. The van der Waals surface area contributed by atoms with Crippen LogP contribution in [0.1, 0.15) is 43.2 Å². The molecule has 1 spiro atoms. The van der Waals surface area contributed by atoms with Crippen molar-refractivity contribution in [3.8, 4) is 22.3 Å². The molecule has 0 atom stereocenters. The second-order valence-electron chi connectivity index (χ2n) is 7.94. The van der Waals surface area contributed by atoms with Gasteiger partial charge >= 0.3 is 7.12 Å². The Morgan fingerprint density at radius 3 is 2.07 bits per heavy atom. The van der Waals surface area contributed by atoms with Crippen molar-refractivity contribution in [2.45, 2.75) is 37.5 Å². The summed E-state index contributed by atoms with van der Waals surface area (Å²) in [4.78, 5) is 0. The summed E-state index contributed by atoms with van der Waals surface area (Å²) in [6, 6.07) is 23.3. The zero-order valence-corrected chi connectivity index (χ0v) is 15.4. The second kappa shape index (κ2) is 6.37. The lowest BCUT2D eigenvalue weighted by atomic mass is 9.67. The summed E-state index contributed by atoms with van der Waals surface area (Å²) in [5, 5.41) is 18.7. The fourth-order valence-corrected chi connectivity index (χ4v) is 5.18. The van der Waals surface area contributed by atoms with E-state index in [4.69, 9.17) is 0 Å². The van der Waals surface area contributed by atoms with Gasteiger partial charge in [0.2, 0.25) is 0 Å². The molecule has 3 aromatic rings. The SMILES string of the molecule is OB(O)c1ccc(-c2ccc3c(c2)C2(CCCCC2)c2ccccc2-3)cc1. The molecular formula is C24H23BO2. The Morgan fingerprint density at radius 1 is 0.667 bits per heavy atom. The normalized spacial score (nSPS) is 16.8. The minimum Gasteiger partial charge on any atom is -0.423 e. The number of hydrogen-bond donors (Lipinski definition) is 2. The maximum Gasteiger partial charge on any atom is 0.488 e. The van der Waals surface area contributed by atoms with E-state index in [0.29, 0.717) is 5.46 Å². The largest absolute Gasteiger partial charge is 0.488 e. The topological polar surface area (TPSA) is 40.5 Å². The van der Waals surface area contributed by atoms with Gasteiger partial charge in [-0.15, -0.1) is 0 Å². The zero-order chi connectivity index (χ0) is 18.4. The molecule has 0 bridgehead atoms. The fourth-order valence-electron chi connectivity index (χ4n) is 5.18. The van der Waals surface area contributed by atoms with Crippen LogP contribution in [0.2, 0.25) is 0 Å². The van der Waals surface area contributed by atoms with E-state index in [-0.39, 0.29) is 5.41 Å². The molecule has 2 N–H and O–H groups in total. The maximum absolute atomic E-state index is 9.33. The first kappa shape index (κ1) is 16.8. The molecule has 134 valence electrons. The summed E-state index contributed by atoms with van der Waals surface area (Å²) < 4.78 is 0. The summed E-state index contributed by atoms with van der Waals surface area (Å²) in [7, 11) is -1.42. The van der Waals surface area contributed by atoms with Gasteiger partial charge in [-0.25, -0.2) is 0 Å². The zero-order valence-electron chi connectivity index (χ0n) is 15.4. The minimum absolute atomic E-state index is 0.168. The quantitative estimate of drug-likeness (QED) is 0.675. The molecule has 1 saturated carbocycles. The molecule has 5 rings (SSSR count). The van der Waals surface area contributed by atoms with E-state index in [1.165, 1.54) is 59.9 Å². The van der Waals surface area contributed by atoms with Crippen molar-refractivity contribution in [2.24, 2.45) is 0 Å². The lowest BCUT2D eigenvalue weighted by Crippen LogP contribution is -2.29. The van der Waals surface area contributed by atoms with Gasteiger partial charge in [-0.3, -0.25) is 0 Å². The summed E-state index contributed by atoms with van der Waals surface area (Å²) >= 11 is 0. The highest BCUT2D eigenvalue weighted by Crippen LogP contribution is 2.56. The van der Waals surface area contributed by atoms with Gasteiger partial charge in [-0.1, -0.05) is 79.9 Å². The number of hydrogen-bond acceptors (Lipinski definition) is 2. The Kier molecular flexibility index (Phi) is 3.96. The van der Waals surface area contributed by atoms with Gasteiger partial charge in [0.25, 0.3) is 0 Å². The summed E-state index contributed by atoms with van der Waals surface area (Å²) in [5.41, 5.74) is 8.79. The maximum atomic E-state index is 9.33. The van der Waals surface area contributed by atoms with Gasteiger partial charge in [-0.2, -0.15) is 0 Å². The van der Waals surface area contributed by atoms with Crippen LogP contribution in [0.3, 0.4) is 0 Å². The van der Waals surface area contributed by atoms with Crippen LogP contribution < -0.4 is 5.46 Å². The third kappa shape index (κ3) is 2.57. The Balaban J connectivity index is 1.64. The van der Waals surface area contributed by atoms with Gasteiger partial charge in [0.15, 0.2) is 0 Å². The standard InChI is InChI=1S/C24H23BO2/c26-25(27)19-11-8-17(9-12-19)18-10-13-21-20-6-2-3-7-22(20)24(23(21)16-18)14-4-1-5-15-24/h2-3,6-13,16,26-27H,1,4-5,14-15H2. The van der Waals surface area contributed by atoms with Gasteiger partial charge in [0.05, 0.1) is 0 Å². The van der Waals surface area contributed by atoms with Crippen LogP contribution in [0, 0.1) is 0 Å². The average Bonchev–Trinajstić information content (AvgIpc) is 2.98. The van der Waals surface area contributed by atoms with Crippen LogP contribution in [0.25, 0.3) is 22.3 Å². The molecule has 0 heterocycles. The molecule has 1 fully saturated rings. The highest BCUT2D eigenvalue weighted by Gasteiger charge is 2.43. The third-order valence-corrected chi connectivity index (χ3v) is 6.52. The van der Waals surface area contributed by atoms with Crippen molar-refractivity contribution in [2.75, 3.05) is 0 Å². The molecule has 0 aromatic heterocycles. The van der Waals surface area contributed by atoms with Crippen LogP contribution >= 0.6 is 0 Å². The lowest BCUT2D eigenvalue weighted by Gasteiger charge is -2.36. The molecular weight excluding hydrogens is 331 g/mol. The van der Waals surface area contributed by atoms with Crippen LogP contribution in [-0.2, 0) is 5.41 Å². The van der Waals surface area contributed by atoms with E-state index in [1.807, 2.05) is 12.1 Å². The van der Waals surface area contributed by atoms with E-state index in [2.05, 4.69) is 42.5 Å². The van der Waals surface area contributed by atoms with Crippen molar-refractivity contribution in [1.82, 2.24) is 0 Å². The van der Waals surface area contributed by atoms with Crippen molar-refractivity contribution in [3.05, 3.63) is 77.9 Å². The summed E-state index contributed by atoms with van der Waals surface area (Å²) in [6.45, 7) is 0. The Hall–Kier alpha value is -2.36. The van der Waals surface area contributed by atoms with Crippen LogP contribution in [0.4, 0.5) is 0 Å². The highest BCUT2D eigenvalue weighted by molar-refractivity contribution is 6.58. The lowest BCUT2D eigenvalue weighted by molar-refractivity contribution is 0.353. The van der Waals surface area contributed by atoms with E-state index < -0.39 is 7.12 Å². The molecule has 0 amide bonds. The van der Waals surface area contributed by atoms with Gasteiger partial charge < -0.3 is 10.0 Å². The Labute approximate surface area is 160 Å². The van der Waals surface area contributed by atoms with Crippen molar-refractivity contribution in [3.63, 3.8) is 0 Å². The molecule has 2 aliphatic carbocycles. The minimum atomic E-state index is -1.42. The number of benzene rings is 3. The Morgan fingerprint density at radius 2 is 1.33 bits per heavy atom. The first-order valence-electron chi connectivity index (χ1n) is 9.90. The molecule has 3 heteroatoms. The number of rotatable bonds is 2. The number of fused-ring (bicyclic) bond motifs is 5. The molecule has 2 aliphatic rings. The first-order chi connectivity index (χ1) is 13.2. The fraction of sp³-hybridized carbons (Fsp3) is 0.250. The predicted molar refractivity (Wildman–Crippen MR) is 111 cm³/mol. The second-order valence-corrected chi connectivity index (χ2v) is 7.94. The summed E-state index contributed by atoms with van der Waals surface area (Å²) in [6.07, 6.45) is 6.39. The molecule has 27 heavy (non-hydrogen) atoms. The van der Waals surface area contributed by atoms with E-state index in [0.717, 1.165) is 5.56 Å². The smallest absolute Gasteiger partial charge is 0.423 e. The van der Waals surface area contributed by atoms with Crippen molar-refractivity contribution >= 4 is 12.6 Å². The van der Waals surface area contributed by atoms with Gasteiger partial charge in [-0.05, 0) is 57.8 Å². The van der Waals surface area contributed by atoms with E-state index >= 15 is 0 Å². The van der Waals surface area contributed by atoms with Crippen LogP contribution in [0.5, 0.6) is 0 Å². The van der Waals surface area contributed by atoms with Crippen molar-refractivity contribution < 1.29 is 10.0 Å². The van der Waals surface area contributed by atoms with Crippen molar-refractivity contribution in [1.29, 1.82) is 0 Å². The highest BCUT2D eigenvalue weighted by atomic mass is 16.4. The first-order valence-corrected chi connectivity index (χ1v) is 9.90. The van der Waals surface area contributed by atoms with E-state index in [1.54, 1.807) is 12.1 Å². The molecule has 0 radical (unpaired) electrons. The molecule has 0 saturated heterocycles. The van der Waals surface area contributed by atoms with Gasteiger partial charge in [0, 0.05) is 5.41 Å². The molecule has 0 unspecified atom stereocenters. The van der Waals surface area contributed by atoms with Gasteiger partial charge in [0.1, 0.15) is 0 Å². The third-order valence-electron chi connectivity index (χ3n) is 6.52. The monoisotopic (exact) mass is 354 g/mol.